The number of sulfone groups is 1. The lowest BCUT2D eigenvalue weighted by atomic mass is 10.2. The number of carbonyl (C=O) groups excluding carboxylic acids is 1. The van der Waals surface area contributed by atoms with Crippen molar-refractivity contribution in [1.82, 2.24) is 10.3 Å². The Kier molecular flexibility index (Phi) is 5.61. The van der Waals surface area contributed by atoms with Crippen molar-refractivity contribution in [3.05, 3.63) is 34.2 Å². The van der Waals surface area contributed by atoms with Crippen molar-refractivity contribution in [3.63, 3.8) is 0 Å². The van der Waals surface area contributed by atoms with Crippen molar-refractivity contribution in [3.8, 4) is 27.8 Å². The molecule has 10 heteroatoms. The lowest BCUT2D eigenvalue weighted by Gasteiger charge is -2.13. The third-order valence-electron chi connectivity index (χ3n) is 4.17. The molecule has 1 aromatic heterocycles. The van der Waals surface area contributed by atoms with Gasteiger partial charge in [0.15, 0.2) is 21.3 Å². The van der Waals surface area contributed by atoms with Crippen LogP contribution in [0.1, 0.15) is 15.4 Å². The molecule has 1 amide bonds. The van der Waals surface area contributed by atoms with Crippen LogP contribution in [0.5, 0.6) is 17.2 Å². The molecule has 0 fully saturated rings. The number of amides is 1. The minimum absolute atomic E-state index is 0.137. The first kappa shape index (κ1) is 20.2. The highest BCUT2D eigenvalue weighted by atomic mass is 32.2. The number of aryl methyl sites for hydroxylation is 1. The third kappa shape index (κ3) is 3.97. The maximum atomic E-state index is 12.6. The number of aromatic nitrogens is 1. The molecule has 0 unspecified atom stereocenters. The standard InChI is InChI=1S/C18H20N2O6S2/c1-10-15(17(21)19-12-5-6-28(22,23)9-12)20-18(27-10)11-7-13(24-2)16(26-4)14(8-11)25-3/h5-8,12H,9H2,1-4H3,(H,19,21)/t12-/m1/s1. The van der Waals surface area contributed by atoms with Gasteiger partial charge >= 0.3 is 0 Å². The van der Waals surface area contributed by atoms with E-state index in [1.165, 1.54) is 38.7 Å². The van der Waals surface area contributed by atoms with E-state index in [4.69, 9.17) is 14.2 Å². The Morgan fingerprint density at radius 3 is 2.32 bits per heavy atom. The summed E-state index contributed by atoms with van der Waals surface area (Å²) in [6.45, 7) is 1.79. The van der Waals surface area contributed by atoms with Gasteiger partial charge in [0.1, 0.15) is 10.7 Å². The van der Waals surface area contributed by atoms with E-state index < -0.39 is 21.8 Å². The summed E-state index contributed by atoms with van der Waals surface area (Å²) in [5, 5.41) is 4.42. The topological polar surface area (TPSA) is 104 Å². The Morgan fingerprint density at radius 2 is 1.82 bits per heavy atom. The molecule has 3 rings (SSSR count). The van der Waals surface area contributed by atoms with E-state index in [2.05, 4.69) is 10.3 Å². The second-order valence-corrected chi connectivity index (χ2v) is 9.21. The summed E-state index contributed by atoms with van der Waals surface area (Å²) in [5.41, 5.74) is 0.969. The van der Waals surface area contributed by atoms with Crippen LogP contribution < -0.4 is 19.5 Å². The van der Waals surface area contributed by atoms with Gasteiger partial charge in [-0.2, -0.15) is 0 Å². The first-order valence-electron chi connectivity index (χ1n) is 8.27. The molecule has 1 atom stereocenters. The molecule has 0 saturated heterocycles. The SMILES string of the molecule is COc1cc(-c2nc(C(=O)N[C@@H]3C=CS(=O)(=O)C3)c(C)s2)cc(OC)c1OC. The molecule has 8 nitrogen and oxygen atoms in total. The molecule has 0 spiro atoms. The van der Waals surface area contributed by atoms with Gasteiger partial charge in [-0.25, -0.2) is 13.4 Å². The average Bonchev–Trinajstić information content (AvgIpc) is 3.22. The first-order valence-corrected chi connectivity index (χ1v) is 10.8. The van der Waals surface area contributed by atoms with Crippen molar-refractivity contribution in [2.75, 3.05) is 27.1 Å². The second-order valence-electron chi connectivity index (χ2n) is 6.08. The number of benzene rings is 1. The zero-order valence-electron chi connectivity index (χ0n) is 15.8. The molecule has 0 aliphatic carbocycles. The molecule has 150 valence electrons. The summed E-state index contributed by atoms with van der Waals surface area (Å²) < 4.78 is 39.0. The van der Waals surface area contributed by atoms with E-state index >= 15 is 0 Å². The highest BCUT2D eigenvalue weighted by molar-refractivity contribution is 7.94. The normalized spacial score (nSPS) is 17.4. The van der Waals surface area contributed by atoms with E-state index in [0.717, 1.165) is 5.41 Å². The van der Waals surface area contributed by atoms with Gasteiger partial charge in [0.05, 0.1) is 33.1 Å². The van der Waals surface area contributed by atoms with Crippen molar-refractivity contribution in [2.24, 2.45) is 0 Å². The Hall–Kier alpha value is -2.59. The molecule has 1 N–H and O–H groups in total. The summed E-state index contributed by atoms with van der Waals surface area (Å²) in [7, 11) is 1.32. The smallest absolute Gasteiger partial charge is 0.271 e. The van der Waals surface area contributed by atoms with Crippen LogP contribution in [0, 0.1) is 6.92 Å². The fourth-order valence-corrected chi connectivity index (χ4v) is 4.97. The summed E-state index contributed by atoms with van der Waals surface area (Å²) in [5.74, 6) is 0.879. The number of carbonyl (C=O) groups is 1. The molecule has 0 bridgehead atoms. The van der Waals surface area contributed by atoms with Gasteiger partial charge in [0.25, 0.3) is 5.91 Å². The zero-order valence-corrected chi connectivity index (χ0v) is 17.4. The number of hydrogen-bond acceptors (Lipinski definition) is 8. The van der Waals surface area contributed by atoms with Crippen molar-refractivity contribution in [2.45, 2.75) is 13.0 Å². The Bertz CT molecular complexity index is 1020. The molecule has 1 aliphatic heterocycles. The van der Waals surface area contributed by atoms with Crippen molar-refractivity contribution < 1.29 is 27.4 Å². The molecule has 2 heterocycles. The van der Waals surface area contributed by atoms with Gasteiger partial charge in [0, 0.05) is 15.8 Å². The number of methoxy groups -OCH3 is 3. The minimum atomic E-state index is -3.25. The number of nitrogens with zero attached hydrogens (tertiary/aromatic N) is 1. The van der Waals surface area contributed by atoms with Gasteiger partial charge in [-0.15, -0.1) is 11.3 Å². The van der Waals surface area contributed by atoms with Gasteiger partial charge in [0.2, 0.25) is 5.75 Å². The molecule has 2 aromatic rings. The number of ether oxygens (including phenoxy) is 3. The van der Waals surface area contributed by atoms with Crippen LogP contribution >= 0.6 is 11.3 Å². The second kappa shape index (κ2) is 7.80. The highest BCUT2D eigenvalue weighted by Crippen LogP contribution is 2.42. The zero-order chi connectivity index (χ0) is 20.5. The summed E-state index contributed by atoms with van der Waals surface area (Å²) in [4.78, 5) is 17.7. The molecule has 1 aromatic carbocycles. The first-order chi connectivity index (χ1) is 13.3. The fraction of sp³-hybridized carbons (Fsp3) is 0.333. The van der Waals surface area contributed by atoms with E-state index in [1.807, 2.05) is 0 Å². The third-order valence-corrected chi connectivity index (χ3v) is 6.59. The maximum absolute atomic E-state index is 12.6. The Balaban J connectivity index is 1.90. The van der Waals surface area contributed by atoms with Crippen LogP contribution in [-0.2, 0) is 9.84 Å². The van der Waals surface area contributed by atoms with Crippen molar-refractivity contribution in [1.29, 1.82) is 0 Å². The summed E-state index contributed by atoms with van der Waals surface area (Å²) in [6, 6.07) is 2.96. The fourth-order valence-electron chi connectivity index (χ4n) is 2.84. The predicted molar refractivity (Wildman–Crippen MR) is 106 cm³/mol. The highest BCUT2D eigenvalue weighted by Gasteiger charge is 2.26. The molecule has 0 saturated carbocycles. The molecular weight excluding hydrogens is 404 g/mol. The van der Waals surface area contributed by atoms with Crippen LogP contribution in [0.4, 0.5) is 0 Å². The number of nitrogens with one attached hydrogen (secondary N) is 1. The van der Waals surface area contributed by atoms with E-state index in [9.17, 15) is 13.2 Å². The van der Waals surface area contributed by atoms with E-state index in [-0.39, 0.29) is 11.4 Å². The van der Waals surface area contributed by atoms with Crippen LogP contribution in [0.3, 0.4) is 0 Å². The van der Waals surface area contributed by atoms with E-state index in [0.29, 0.717) is 32.7 Å². The lowest BCUT2D eigenvalue weighted by molar-refractivity contribution is 0.0943. The summed E-state index contributed by atoms with van der Waals surface area (Å²) in [6.07, 6.45) is 1.47. The maximum Gasteiger partial charge on any atom is 0.271 e. The molecule has 0 radical (unpaired) electrons. The number of rotatable bonds is 6. The van der Waals surface area contributed by atoms with Gasteiger partial charge in [-0.1, -0.05) is 0 Å². The lowest BCUT2D eigenvalue weighted by Crippen LogP contribution is -2.35. The quantitative estimate of drug-likeness (QED) is 0.758. The Morgan fingerprint density at radius 1 is 1.18 bits per heavy atom. The molecule has 28 heavy (non-hydrogen) atoms. The monoisotopic (exact) mass is 424 g/mol. The number of thiazole rings is 1. The number of hydrogen-bond donors (Lipinski definition) is 1. The predicted octanol–water partition coefficient (Wildman–Crippen LogP) is 2.18. The van der Waals surface area contributed by atoms with Crippen LogP contribution in [-0.4, -0.2) is 52.4 Å². The van der Waals surface area contributed by atoms with Crippen molar-refractivity contribution >= 4 is 27.1 Å². The average molecular weight is 425 g/mol. The van der Waals surface area contributed by atoms with Crippen LogP contribution in [0.2, 0.25) is 0 Å². The van der Waals surface area contributed by atoms with Crippen LogP contribution in [0.15, 0.2) is 23.6 Å². The largest absolute Gasteiger partial charge is 0.493 e. The van der Waals surface area contributed by atoms with E-state index in [1.54, 1.807) is 19.1 Å². The van der Waals surface area contributed by atoms with Gasteiger partial charge in [-0.05, 0) is 25.1 Å². The molecule has 1 aliphatic rings. The Labute approximate surface area is 167 Å². The summed E-state index contributed by atoms with van der Waals surface area (Å²) >= 11 is 1.35. The minimum Gasteiger partial charge on any atom is -0.493 e. The molecular formula is C18H20N2O6S2. The van der Waals surface area contributed by atoms with Gasteiger partial charge in [-0.3, -0.25) is 4.79 Å². The van der Waals surface area contributed by atoms with Gasteiger partial charge < -0.3 is 19.5 Å². The van der Waals surface area contributed by atoms with Crippen LogP contribution in [0.25, 0.3) is 10.6 Å².